The molecule has 0 aromatic heterocycles. The number of aliphatic hydroxyl groups is 1. The highest BCUT2D eigenvalue weighted by Crippen LogP contribution is 2.31. The van der Waals surface area contributed by atoms with E-state index in [4.69, 9.17) is 0 Å². The van der Waals surface area contributed by atoms with Crippen LogP contribution in [0.3, 0.4) is 0 Å². The van der Waals surface area contributed by atoms with Gasteiger partial charge in [-0.3, -0.25) is 0 Å². The number of aryl methyl sites for hydroxylation is 1. The zero-order chi connectivity index (χ0) is 10.9. The summed E-state index contributed by atoms with van der Waals surface area (Å²) >= 11 is 3.57. The lowest BCUT2D eigenvalue weighted by atomic mass is 9.82. The first-order valence-electron chi connectivity index (χ1n) is 4.77. The Kier molecular flexibility index (Phi) is 3.38. The van der Waals surface area contributed by atoms with Gasteiger partial charge in [0.15, 0.2) is 0 Å². The van der Waals surface area contributed by atoms with Crippen molar-refractivity contribution in [2.45, 2.75) is 33.1 Å². The van der Waals surface area contributed by atoms with Crippen molar-refractivity contribution in [3.05, 3.63) is 33.3 Å². The van der Waals surface area contributed by atoms with Crippen LogP contribution in [0.2, 0.25) is 0 Å². The molecule has 0 radical (unpaired) electrons. The molecule has 0 spiro atoms. The second-order valence-electron chi connectivity index (χ2n) is 4.41. The van der Waals surface area contributed by atoms with E-state index >= 15 is 0 Å². The SMILES string of the molecule is Cc1ccc(C(C)(C)CO)c(C)c1Br. The van der Waals surface area contributed by atoms with Crippen LogP contribution in [0.5, 0.6) is 0 Å². The van der Waals surface area contributed by atoms with E-state index in [1.54, 1.807) is 0 Å². The van der Waals surface area contributed by atoms with Crippen LogP contribution in [0.4, 0.5) is 0 Å². The minimum absolute atomic E-state index is 0.166. The highest BCUT2D eigenvalue weighted by Gasteiger charge is 2.22. The monoisotopic (exact) mass is 256 g/mol. The lowest BCUT2D eigenvalue weighted by molar-refractivity contribution is 0.218. The third kappa shape index (κ3) is 2.01. The van der Waals surface area contributed by atoms with Gasteiger partial charge in [-0.15, -0.1) is 0 Å². The van der Waals surface area contributed by atoms with Crippen LogP contribution in [-0.2, 0) is 5.41 Å². The molecule has 0 heterocycles. The summed E-state index contributed by atoms with van der Waals surface area (Å²) < 4.78 is 1.15. The smallest absolute Gasteiger partial charge is 0.0522 e. The van der Waals surface area contributed by atoms with E-state index in [1.807, 2.05) is 0 Å². The molecule has 1 rings (SSSR count). The van der Waals surface area contributed by atoms with Crippen LogP contribution >= 0.6 is 15.9 Å². The lowest BCUT2D eigenvalue weighted by Gasteiger charge is -2.25. The van der Waals surface area contributed by atoms with Crippen LogP contribution in [0.1, 0.15) is 30.5 Å². The first kappa shape index (κ1) is 11.7. The van der Waals surface area contributed by atoms with E-state index in [9.17, 15) is 5.11 Å². The van der Waals surface area contributed by atoms with Crippen molar-refractivity contribution in [3.63, 3.8) is 0 Å². The molecule has 1 aromatic rings. The number of benzene rings is 1. The topological polar surface area (TPSA) is 20.2 Å². The molecule has 1 nitrogen and oxygen atoms in total. The van der Waals surface area contributed by atoms with Crippen LogP contribution in [0.25, 0.3) is 0 Å². The van der Waals surface area contributed by atoms with Gasteiger partial charge in [0.25, 0.3) is 0 Å². The molecule has 0 atom stereocenters. The maximum absolute atomic E-state index is 9.32. The van der Waals surface area contributed by atoms with Gasteiger partial charge in [-0.25, -0.2) is 0 Å². The summed E-state index contributed by atoms with van der Waals surface area (Å²) in [6.07, 6.45) is 0. The molecule has 0 aliphatic carbocycles. The molecule has 0 fully saturated rings. The van der Waals surface area contributed by atoms with Crippen molar-refractivity contribution in [3.8, 4) is 0 Å². The van der Waals surface area contributed by atoms with Gasteiger partial charge >= 0.3 is 0 Å². The molecule has 0 amide bonds. The van der Waals surface area contributed by atoms with E-state index in [-0.39, 0.29) is 12.0 Å². The number of aliphatic hydroxyl groups excluding tert-OH is 1. The zero-order valence-electron chi connectivity index (χ0n) is 9.19. The summed E-state index contributed by atoms with van der Waals surface area (Å²) in [6, 6.07) is 4.19. The molecule has 78 valence electrons. The quantitative estimate of drug-likeness (QED) is 0.861. The molecule has 1 aromatic carbocycles. The molecule has 2 heteroatoms. The molecule has 0 saturated carbocycles. The molecule has 0 aliphatic rings. The minimum Gasteiger partial charge on any atom is -0.395 e. The summed E-state index contributed by atoms with van der Waals surface area (Å²) in [6.45, 7) is 8.44. The molecule has 1 N–H and O–H groups in total. The minimum atomic E-state index is -0.166. The Bertz CT molecular complexity index is 342. The van der Waals surface area contributed by atoms with Gasteiger partial charge in [-0.1, -0.05) is 41.9 Å². The highest BCUT2D eigenvalue weighted by molar-refractivity contribution is 9.10. The molecule has 14 heavy (non-hydrogen) atoms. The molecular formula is C12H17BrO. The third-order valence-electron chi connectivity index (χ3n) is 2.70. The van der Waals surface area contributed by atoms with Gasteiger partial charge in [0, 0.05) is 9.89 Å². The van der Waals surface area contributed by atoms with Gasteiger partial charge in [0.2, 0.25) is 0 Å². The molecule has 0 bridgehead atoms. The molecule has 0 aliphatic heterocycles. The fourth-order valence-corrected chi connectivity index (χ4v) is 1.98. The van der Waals surface area contributed by atoms with Gasteiger partial charge in [0.05, 0.1) is 6.61 Å². The van der Waals surface area contributed by atoms with Crippen molar-refractivity contribution in [2.75, 3.05) is 6.61 Å². The molecule has 0 saturated heterocycles. The standard InChI is InChI=1S/C12H17BrO/c1-8-5-6-10(9(2)11(8)13)12(3,4)7-14/h5-6,14H,7H2,1-4H3. The number of halogens is 1. The van der Waals surface area contributed by atoms with Crippen molar-refractivity contribution in [2.24, 2.45) is 0 Å². The largest absolute Gasteiger partial charge is 0.395 e. The first-order valence-corrected chi connectivity index (χ1v) is 5.56. The van der Waals surface area contributed by atoms with Crippen molar-refractivity contribution < 1.29 is 5.11 Å². The number of hydrogen-bond donors (Lipinski definition) is 1. The Labute approximate surface area is 94.3 Å². The summed E-state index contributed by atoms with van der Waals surface area (Å²) in [5.41, 5.74) is 3.50. The lowest BCUT2D eigenvalue weighted by Crippen LogP contribution is -2.23. The highest BCUT2D eigenvalue weighted by atomic mass is 79.9. The van der Waals surface area contributed by atoms with Gasteiger partial charge in [-0.05, 0) is 30.5 Å². The van der Waals surface area contributed by atoms with Crippen LogP contribution in [-0.4, -0.2) is 11.7 Å². The normalized spacial score (nSPS) is 11.9. The predicted octanol–water partition coefficient (Wildman–Crippen LogP) is 3.34. The average molecular weight is 257 g/mol. The fourth-order valence-electron chi connectivity index (χ4n) is 1.64. The van der Waals surface area contributed by atoms with Crippen molar-refractivity contribution >= 4 is 15.9 Å². The first-order chi connectivity index (χ1) is 6.40. The van der Waals surface area contributed by atoms with E-state index < -0.39 is 0 Å². The summed E-state index contributed by atoms with van der Waals surface area (Å²) in [5, 5.41) is 9.32. The fraction of sp³-hybridized carbons (Fsp3) is 0.500. The van der Waals surface area contributed by atoms with E-state index in [1.165, 1.54) is 16.7 Å². The zero-order valence-corrected chi connectivity index (χ0v) is 10.8. The van der Waals surface area contributed by atoms with Crippen molar-refractivity contribution in [1.82, 2.24) is 0 Å². The maximum atomic E-state index is 9.32. The summed E-state index contributed by atoms with van der Waals surface area (Å²) in [4.78, 5) is 0. The maximum Gasteiger partial charge on any atom is 0.0522 e. The van der Waals surface area contributed by atoms with Crippen LogP contribution in [0, 0.1) is 13.8 Å². The second-order valence-corrected chi connectivity index (χ2v) is 5.20. The Hall–Kier alpha value is -0.340. The predicted molar refractivity (Wildman–Crippen MR) is 63.7 cm³/mol. The van der Waals surface area contributed by atoms with E-state index in [2.05, 4.69) is 55.8 Å². The van der Waals surface area contributed by atoms with Gasteiger partial charge in [0.1, 0.15) is 0 Å². The van der Waals surface area contributed by atoms with Crippen LogP contribution in [0.15, 0.2) is 16.6 Å². The van der Waals surface area contributed by atoms with Gasteiger partial charge in [-0.2, -0.15) is 0 Å². The summed E-state index contributed by atoms with van der Waals surface area (Å²) in [5.74, 6) is 0. The second kappa shape index (κ2) is 4.03. The number of rotatable bonds is 2. The Balaban J connectivity index is 3.31. The van der Waals surface area contributed by atoms with Gasteiger partial charge < -0.3 is 5.11 Å². The van der Waals surface area contributed by atoms with Crippen molar-refractivity contribution in [1.29, 1.82) is 0 Å². The average Bonchev–Trinajstić information content (AvgIpc) is 2.14. The molecule has 0 unspecified atom stereocenters. The Morgan fingerprint density at radius 3 is 2.36 bits per heavy atom. The third-order valence-corrected chi connectivity index (χ3v) is 3.92. The molecular weight excluding hydrogens is 240 g/mol. The van der Waals surface area contributed by atoms with E-state index in [0.29, 0.717) is 0 Å². The number of hydrogen-bond acceptors (Lipinski definition) is 1. The van der Waals surface area contributed by atoms with Crippen LogP contribution < -0.4 is 0 Å². The van der Waals surface area contributed by atoms with E-state index in [0.717, 1.165) is 4.47 Å². The summed E-state index contributed by atoms with van der Waals surface area (Å²) in [7, 11) is 0. The Morgan fingerprint density at radius 2 is 1.86 bits per heavy atom. The Morgan fingerprint density at radius 1 is 1.29 bits per heavy atom.